The van der Waals surface area contributed by atoms with Gasteiger partial charge in [-0.2, -0.15) is 0 Å². The van der Waals surface area contributed by atoms with E-state index in [1.165, 1.54) is 6.33 Å². The summed E-state index contributed by atoms with van der Waals surface area (Å²) in [5.41, 5.74) is -0.273. The molecular formula is C13H16ClN5O4. The molecular weight excluding hydrogens is 326 g/mol. The number of ether oxygens (including phenoxy) is 1. The Balaban J connectivity index is 1.71. The van der Waals surface area contributed by atoms with Gasteiger partial charge in [0.1, 0.15) is 6.33 Å². The number of carbonyl (C=O) groups excluding carboxylic acids is 1. The van der Waals surface area contributed by atoms with E-state index < -0.39 is 4.92 Å². The molecule has 0 aromatic carbocycles. The van der Waals surface area contributed by atoms with E-state index >= 15 is 0 Å². The van der Waals surface area contributed by atoms with Gasteiger partial charge in [0.05, 0.1) is 11.5 Å². The van der Waals surface area contributed by atoms with Gasteiger partial charge in [0.15, 0.2) is 0 Å². The Morgan fingerprint density at radius 3 is 2.70 bits per heavy atom. The van der Waals surface area contributed by atoms with Crippen LogP contribution in [0.2, 0.25) is 5.15 Å². The fourth-order valence-electron chi connectivity index (χ4n) is 3.03. The minimum absolute atomic E-state index is 0.0930. The fraction of sp³-hybridized carbons (Fsp3) is 0.615. The van der Waals surface area contributed by atoms with Crippen molar-refractivity contribution in [1.29, 1.82) is 0 Å². The Morgan fingerprint density at radius 1 is 1.30 bits per heavy atom. The average molecular weight is 342 g/mol. The molecule has 0 saturated carbocycles. The van der Waals surface area contributed by atoms with Crippen LogP contribution in [0.15, 0.2) is 6.33 Å². The van der Waals surface area contributed by atoms with Gasteiger partial charge in [-0.25, -0.2) is 14.8 Å². The van der Waals surface area contributed by atoms with Crippen molar-refractivity contribution < 1.29 is 14.5 Å². The van der Waals surface area contributed by atoms with Crippen LogP contribution >= 0.6 is 11.6 Å². The van der Waals surface area contributed by atoms with Crippen molar-refractivity contribution in [3.05, 3.63) is 21.6 Å². The summed E-state index contributed by atoms with van der Waals surface area (Å²) in [5.74, 6) is 0.231. The summed E-state index contributed by atoms with van der Waals surface area (Å²) in [6.45, 7) is 2.29. The molecule has 2 saturated heterocycles. The Hall–Kier alpha value is -2.16. The molecule has 3 heterocycles. The molecule has 10 heteroatoms. The lowest BCUT2D eigenvalue weighted by molar-refractivity contribution is -0.384. The molecule has 23 heavy (non-hydrogen) atoms. The highest BCUT2D eigenvalue weighted by Gasteiger charge is 2.33. The van der Waals surface area contributed by atoms with Crippen molar-refractivity contribution >= 4 is 29.2 Å². The van der Waals surface area contributed by atoms with Crippen LogP contribution in [0, 0.1) is 10.1 Å². The largest absolute Gasteiger partial charge is 0.449 e. The number of piperidine rings is 1. The second-order valence-corrected chi connectivity index (χ2v) is 5.83. The highest BCUT2D eigenvalue weighted by Crippen LogP contribution is 2.33. The van der Waals surface area contributed by atoms with Crippen molar-refractivity contribution in [3.8, 4) is 0 Å². The second-order valence-electron chi connectivity index (χ2n) is 5.47. The first-order chi connectivity index (χ1) is 11.1. The van der Waals surface area contributed by atoms with Crippen LogP contribution in [0.5, 0.6) is 0 Å². The third-order valence-electron chi connectivity index (χ3n) is 4.15. The highest BCUT2D eigenvalue weighted by molar-refractivity contribution is 6.31. The minimum atomic E-state index is -0.564. The molecule has 0 radical (unpaired) electrons. The van der Waals surface area contributed by atoms with Crippen molar-refractivity contribution in [2.45, 2.75) is 25.3 Å². The Bertz CT molecular complexity index is 620. The topological polar surface area (TPSA) is 102 Å². The molecule has 0 atom stereocenters. The van der Waals surface area contributed by atoms with E-state index in [-0.39, 0.29) is 28.8 Å². The molecule has 9 nitrogen and oxygen atoms in total. The van der Waals surface area contributed by atoms with Gasteiger partial charge in [0.25, 0.3) is 0 Å². The maximum Gasteiger partial charge on any atom is 0.410 e. The molecule has 2 aliphatic rings. The number of hydrogen-bond acceptors (Lipinski definition) is 7. The normalized spacial score (nSPS) is 19.6. The van der Waals surface area contributed by atoms with Gasteiger partial charge in [0.2, 0.25) is 11.0 Å². The molecule has 1 amide bonds. The predicted octanol–water partition coefficient (Wildman–Crippen LogP) is 1.85. The van der Waals surface area contributed by atoms with E-state index in [1.807, 2.05) is 4.90 Å². The summed E-state index contributed by atoms with van der Waals surface area (Å²) in [7, 11) is 0. The Labute approximate surface area is 137 Å². The predicted molar refractivity (Wildman–Crippen MR) is 81.6 cm³/mol. The van der Waals surface area contributed by atoms with E-state index in [0.29, 0.717) is 39.1 Å². The lowest BCUT2D eigenvalue weighted by Crippen LogP contribution is -2.50. The third kappa shape index (κ3) is 3.14. The first-order valence-corrected chi connectivity index (χ1v) is 7.79. The number of nitro groups is 1. The van der Waals surface area contributed by atoms with Gasteiger partial charge in [-0.3, -0.25) is 10.1 Å². The molecule has 0 unspecified atom stereocenters. The van der Waals surface area contributed by atoms with E-state index in [2.05, 4.69) is 9.97 Å². The van der Waals surface area contributed by atoms with E-state index in [0.717, 1.165) is 6.42 Å². The van der Waals surface area contributed by atoms with Crippen LogP contribution in [0.4, 0.5) is 16.3 Å². The lowest BCUT2D eigenvalue weighted by Gasteiger charge is -2.39. The molecule has 0 bridgehead atoms. The maximum absolute atomic E-state index is 11.8. The van der Waals surface area contributed by atoms with Crippen molar-refractivity contribution in [1.82, 2.24) is 14.9 Å². The number of aromatic nitrogens is 2. The summed E-state index contributed by atoms with van der Waals surface area (Å²) in [6.07, 6.45) is 3.19. The van der Waals surface area contributed by atoms with Crippen LogP contribution in [0.1, 0.15) is 19.3 Å². The monoisotopic (exact) mass is 341 g/mol. The molecule has 124 valence electrons. The summed E-state index contributed by atoms with van der Waals surface area (Å²) >= 11 is 5.82. The number of rotatable bonds is 3. The van der Waals surface area contributed by atoms with E-state index in [9.17, 15) is 14.9 Å². The molecule has 2 fully saturated rings. The molecule has 0 N–H and O–H groups in total. The highest BCUT2D eigenvalue weighted by atomic mass is 35.5. The van der Waals surface area contributed by atoms with Crippen LogP contribution in [-0.4, -0.2) is 58.2 Å². The number of halogens is 1. The van der Waals surface area contributed by atoms with Crippen molar-refractivity contribution in [2.24, 2.45) is 0 Å². The summed E-state index contributed by atoms with van der Waals surface area (Å²) in [4.78, 5) is 33.7. The summed E-state index contributed by atoms with van der Waals surface area (Å²) < 4.78 is 5.07. The Kier molecular flexibility index (Phi) is 4.46. The molecule has 1 aromatic heterocycles. The summed E-state index contributed by atoms with van der Waals surface area (Å²) in [5, 5.41) is 11.0. The average Bonchev–Trinajstić information content (AvgIpc) is 2.55. The third-order valence-corrected chi connectivity index (χ3v) is 4.43. The number of nitrogens with zero attached hydrogens (tertiary/aromatic N) is 5. The van der Waals surface area contributed by atoms with E-state index in [4.69, 9.17) is 16.3 Å². The zero-order valence-corrected chi connectivity index (χ0v) is 13.1. The fourth-order valence-corrected chi connectivity index (χ4v) is 3.22. The van der Waals surface area contributed by atoms with Crippen LogP contribution in [0.25, 0.3) is 0 Å². The van der Waals surface area contributed by atoms with Gasteiger partial charge >= 0.3 is 11.8 Å². The zero-order valence-electron chi connectivity index (χ0n) is 12.4. The molecule has 3 rings (SSSR count). The molecule has 1 aromatic rings. The molecule has 0 aliphatic carbocycles. The van der Waals surface area contributed by atoms with Gasteiger partial charge in [-0.1, -0.05) is 11.6 Å². The first kappa shape index (κ1) is 15.7. The van der Waals surface area contributed by atoms with Gasteiger partial charge < -0.3 is 14.5 Å². The number of cyclic esters (lactones) is 1. The maximum atomic E-state index is 11.8. The van der Waals surface area contributed by atoms with Gasteiger partial charge in [0, 0.05) is 25.7 Å². The standard InChI is InChI=1S/C13H16ClN5O4/c14-11-10(19(21)22)12(16-8-15-11)17-5-2-9(3-6-17)18-4-1-7-23-13(18)20/h8-9H,1-7H2. The second kappa shape index (κ2) is 6.53. The number of carbonyl (C=O) groups is 1. The zero-order chi connectivity index (χ0) is 16.4. The minimum Gasteiger partial charge on any atom is -0.449 e. The smallest absolute Gasteiger partial charge is 0.410 e. The van der Waals surface area contributed by atoms with E-state index in [1.54, 1.807) is 4.90 Å². The van der Waals surface area contributed by atoms with Gasteiger partial charge in [-0.15, -0.1) is 0 Å². The van der Waals surface area contributed by atoms with Crippen LogP contribution in [-0.2, 0) is 4.74 Å². The van der Waals surface area contributed by atoms with Crippen LogP contribution in [0.3, 0.4) is 0 Å². The quantitative estimate of drug-likeness (QED) is 0.469. The lowest BCUT2D eigenvalue weighted by atomic mass is 10.0. The van der Waals surface area contributed by atoms with Crippen molar-refractivity contribution in [3.63, 3.8) is 0 Å². The number of anilines is 1. The summed E-state index contributed by atoms with van der Waals surface area (Å²) in [6, 6.07) is 0.0930. The SMILES string of the molecule is O=C1OCCCN1C1CCN(c2ncnc(Cl)c2[N+](=O)[O-])CC1. The molecule has 0 spiro atoms. The Morgan fingerprint density at radius 2 is 2.04 bits per heavy atom. The number of hydrogen-bond donors (Lipinski definition) is 0. The van der Waals surface area contributed by atoms with Gasteiger partial charge in [-0.05, 0) is 19.3 Å². The first-order valence-electron chi connectivity index (χ1n) is 7.41. The number of amides is 1. The molecule has 2 aliphatic heterocycles. The van der Waals surface area contributed by atoms with Crippen LogP contribution < -0.4 is 4.90 Å². The van der Waals surface area contributed by atoms with Crippen molar-refractivity contribution in [2.75, 3.05) is 31.1 Å².